The number of ether oxygens (including phenoxy) is 2. The topological polar surface area (TPSA) is 94.9 Å². The predicted molar refractivity (Wildman–Crippen MR) is 158 cm³/mol. The number of likely N-dealkylation sites (N-methyl/N-ethyl adjacent to an activating group) is 2. The number of carbonyl (C=O) groups excluding carboxylic acids is 1. The van der Waals surface area contributed by atoms with Gasteiger partial charge in [-0.05, 0) is 50.3 Å². The lowest BCUT2D eigenvalue weighted by Crippen LogP contribution is -2.29. The maximum Gasteiger partial charge on any atom is 0.343 e. The van der Waals surface area contributed by atoms with Gasteiger partial charge in [-0.3, -0.25) is 10.1 Å². The molecule has 0 bridgehead atoms. The zero-order chi connectivity index (χ0) is 28.1. The molecule has 2 heterocycles. The van der Waals surface area contributed by atoms with Gasteiger partial charge >= 0.3 is 11.8 Å². The fourth-order valence-electron chi connectivity index (χ4n) is 4.42. The van der Waals surface area contributed by atoms with Gasteiger partial charge in [0.2, 0.25) is 5.91 Å². The number of hydrogen-bond donors (Lipinski definition) is 2. The highest BCUT2D eigenvalue weighted by Crippen LogP contribution is 2.39. The van der Waals surface area contributed by atoms with E-state index in [2.05, 4.69) is 48.9 Å². The number of aromatic nitrogens is 2. The molecule has 10 nitrogen and oxygen atoms in total. The van der Waals surface area contributed by atoms with E-state index in [-0.39, 0.29) is 5.91 Å². The third-order valence-electron chi connectivity index (χ3n) is 6.54. The number of benzene rings is 2. The van der Waals surface area contributed by atoms with Crippen molar-refractivity contribution in [3.8, 4) is 11.5 Å². The Morgan fingerprint density at radius 3 is 2.59 bits per heavy atom. The first-order valence-electron chi connectivity index (χ1n) is 12.7. The van der Waals surface area contributed by atoms with Crippen molar-refractivity contribution < 1.29 is 14.3 Å². The first kappa shape index (κ1) is 27.6. The van der Waals surface area contributed by atoms with Gasteiger partial charge in [-0.15, -0.1) is 0 Å². The Hall–Kier alpha value is -4.44. The normalized spacial score (nSPS) is 12.0. The van der Waals surface area contributed by atoms with E-state index in [1.807, 2.05) is 52.3 Å². The lowest BCUT2D eigenvalue weighted by Gasteiger charge is -2.25. The molecule has 0 radical (unpaired) electrons. The van der Waals surface area contributed by atoms with E-state index in [1.54, 1.807) is 20.4 Å². The van der Waals surface area contributed by atoms with Crippen LogP contribution in [0.4, 0.5) is 34.5 Å². The Morgan fingerprint density at radius 2 is 1.90 bits per heavy atom. The van der Waals surface area contributed by atoms with E-state index in [1.165, 1.54) is 6.08 Å². The van der Waals surface area contributed by atoms with Crippen LogP contribution in [-0.2, 0) is 11.2 Å². The zero-order valence-electron chi connectivity index (χ0n) is 23.4. The quantitative estimate of drug-likeness (QED) is 0.282. The molecule has 0 fully saturated rings. The molecule has 1 amide bonds. The molecule has 0 aliphatic carbocycles. The maximum atomic E-state index is 12.3. The van der Waals surface area contributed by atoms with E-state index in [4.69, 9.17) is 14.5 Å². The standard InChI is InChI=1S/C29H35N7O3/c1-8-27(37)31-21-16-22(26(39-7)17-24(21)35(5)15-14-34(3)4)32-29-30-18-19(2)28(33-29)36-13-12-20-23(36)10-9-11-25(20)38-6/h8-11,13,16-18H,1,12,14-15H2,2-7H3,(H-,30,31,32,33,37)/p+1. The van der Waals surface area contributed by atoms with Crippen LogP contribution in [-0.4, -0.2) is 75.4 Å². The number of nitrogens with zero attached hydrogens (tertiary/aromatic N) is 5. The van der Waals surface area contributed by atoms with Gasteiger partial charge < -0.3 is 24.6 Å². The summed E-state index contributed by atoms with van der Waals surface area (Å²) >= 11 is 0. The third-order valence-corrected chi connectivity index (χ3v) is 6.54. The minimum Gasteiger partial charge on any atom is -0.496 e. The SMILES string of the molecule is C=CC(=O)Nc1cc(Nc2ncc(C)c([N+]3=CCc4c(OC)cccc43)n2)c(OC)cc1N(C)CCN(C)C. The molecule has 3 aromatic rings. The first-order chi connectivity index (χ1) is 18.7. The third kappa shape index (κ3) is 6.01. The molecule has 0 atom stereocenters. The summed E-state index contributed by atoms with van der Waals surface area (Å²) in [7, 11) is 9.31. The Bertz CT molecular complexity index is 1420. The lowest BCUT2D eigenvalue weighted by atomic mass is 10.1. The van der Waals surface area contributed by atoms with Crippen LogP contribution in [0.3, 0.4) is 0 Å². The summed E-state index contributed by atoms with van der Waals surface area (Å²) < 4.78 is 13.3. The zero-order valence-corrected chi connectivity index (χ0v) is 23.4. The molecule has 4 rings (SSSR count). The van der Waals surface area contributed by atoms with Crippen LogP contribution in [0, 0.1) is 6.92 Å². The molecule has 0 saturated carbocycles. The fourth-order valence-corrected chi connectivity index (χ4v) is 4.42. The number of nitrogens with one attached hydrogen (secondary N) is 2. The van der Waals surface area contributed by atoms with Gasteiger partial charge in [0.05, 0.1) is 43.1 Å². The Kier molecular flexibility index (Phi) is 8.46. The maximum absolute atomic E-state index is 12.3. The Morgan fingerprint density at radius 1 is 1.13 bits per heavy atom. The summed E-state index contributed by atoms with van der Waals surface area (Å²) in [6.07, 6.45) is 5.87. The summed E-state index contributed by atoms with van der Waals surface area (Å²) in [4.78, 5) is 25.8. The molecular weight excluding hydrogens is 494 g/mol. The minimum absolute atomic E-state index is 0.305. The molecule has 1 aromatic heterocycles. The molecule has 2 aromatic carbocycles. The second-order valence-corrected chi connectivity index (χ2v) is 9.53. The number of methoxy groups -OCH3 is 2. The van der Waals surface area contributed by atoms with Gasteiger partial charge in [0.1, 0.15) is 17.2 Å². The lowest BCUT2D eigenvalue weighted by molar-refractivity contribution is -0.111. The number of fused-ring (bicyclic) bond motifs is 1. The highest BCUT2D eigenvalue weighted by molar-refractivity contribution is 6.02. The van der Waals surface area contributed by atoms with Crippen LogP contribution in [0.5, 0.6) is 11.5 Å². The fraction of sp³-hybridized carbons (Fsp3) is 0.310. The number of amides is 1. The van der Waals surface area contributed by atoms with Crippen molar-refractivity contribution in [2.75, 3.05) is 64.0 Å². The van der Waals surface area contributed by atoms with Crippen LogP contribution in [0.1, 0.15) is 11.1 Å². The van der Waals surface area contributed by atoms with E-state index in [0.29, 0.717) is 23.1 Å². The van der Waals surface area contributed by atoms with Crippen molar-refractivity contribution in [3.05, 3.63) is 60.3 Å². The van der Waals surface area contributed by atoms with Crippen molar-refractivity contribution in [2.24, 2.45) is 0 Å². The molecule has 0 spiro atoms. The first-order valence-corrected chi connectivity index (χ1v) is 12.7. The van der Waals surface area contributed by atoms with Gasteiger partial charge in [-0.1, -0.05) is 12.6 Å². The van der Waals surface area contributed by atoms with Gasteiger partial charge in [0.15, 0.2) is 0 Å². The van der Waals surface area contributed by atoms with Crippen molar-refractivity contribution in [3.63, 3.8) is 0 Å². The van der Waals surface area contributed by atoms with Gasteiger partial charge in [0, 0.05) is 44.4 Å². The second-order valence-electron chi connectivity index (χ2n) is 9.53. The number of aryl methyl sites for hydroxylation is 1. The summed E-state index contributed by atoms with van der Waals surface area (Å²) in [5.41, 5.74) is 5.12. The monoisotopic (exact) mass is 530 g/mol. The van der Waals surface area contributed by atoms with E-state index in [9.17, 15) is 4.79 Å². The summed E-state index contributed by atoms with van der Waals surface area (Å²) in [5, 5.41) is 6.21. The molecule has 1 aliphatic rings. The average Bonchev–Trinajstić information content (AvgIpc) is 3.37. The predicted octanol–water partition coefficient (Wildman–Crippen LogP) is 4.13. The van der Waals surface area contributed by atoms with Crippen LogP contribution in [0.2, 0.25) is 0 Å². The van der Waals surface area contributed by atoms with Crippen LogP contribution >= 0.6 is 0 Å². The molecular formula is C29H36N7O3+. The van der Waals surface area contributed by atoms with Crippen molar-refractivity contribution in [1.82, 2.24) is 19.4 Å². The molecule has 0 unspecified atom stereocenters. The Labute approximate surface area is 229 Å². The van der Waals surface area contributed by atoms with Gasteiger partial charge in [-0.25, -0.2) is 0 Å². The molecule has 0 saturated heterocycles. The van der Waals surface area contributed by atoms with Crippen molar-refractivity contribution in [1.29, 1.82) is 0 Å². The van der Waals surface area contributed by atoms with E-state index < -0.39 is 0 Å². The summed E-state index contributed by atoms with van der Waals surface area (Å²) in [5.74, 6) is 2.30. The minimum atomic E-state index is -0.305. The smallest absolute Gasteiger partial charge is 0.343 e. The van der Waals surface area contributed by atoms with Gasteiger partial charge in [0.25, 0.3) is 0 Å². The number of hydrogen-bond acceptors (Lipinski definition) is 8. The molecule has 1 aliphatic heterocycles. The molecule has 204 valence electrons. The summed E-state index contributed by atoms with van der Waals surface area (Å²) in [6, 6.07) is 9.71. The van der Waals surface area contributed by atoms with Crippen LogP contribution < -0.4 is 29.6 Å². The summed E-state index contributed by atoms with van der Waals surface area (Å²) in [6.45, 7) is 7.16. The molecule has 39 heavy (non-hydrogen) atoms. The van der Waals surface area contributed by atoms with E-state index >= 15 is 0 Å². The van der Waals surface area contributed by atoms with Crippen molar-refractivity contribution in [2.45, 2.75) is 13.3 Å². The highest BCUT2D eigenvalue weighted by Gasteiger charge is 2.28. The average molecular weight is 531 g/mol. The Balaban J connectivity index is 1.70. The number of anilines is 4. The van der Waals surface area contributed by atoms with E-state index in [0.717, 1.165) is 53.6 Å². The highest BCUT2D eigenvalue weighted by atomic mass is 16.5. The number of carbonyl (C=O) groups is 1. The van der Waals surface area contributed by atoms with Gasteiger partial charge in [-0.2, -0.15) is 9.56 Å². The largest absolute Gasteiger partial charge is 0.496 e. The molecule has 10 heteroatoms. The molecule has 2 N–H and O–H groups in total. The second kappa shape index (κ2) is 12.0. The number of rotatable bonds is 11. The van der Waals surface area contributed by atoms with Crippen LogP contribution in [0.25, 0.3) is 0 Å². The van der Waals surface area contributed by atoms with Crippen molar-refractivity contribution >= 4 is 46.6 Å². The van der Waals surface area contributed by atoms with Crippen LogP contribution in [0.15, 0.2) is 49.2 Å².